The van der Waals surface area contributed by atoms with Gasteiger partial charge in [0, 0.05) is 32.7 Å². The smallest absolute Gasteiger partial charge is 0.220 e. The summed E-state index contributed by atoms with van der Waals surface area (Å²) in [6, 6.07) is 0.0271. The zero-order valence-electron chi connectivity index (χ0n) is 12.6. The first-order valence-corrected chi connectivity index (χ1v) is 6.77. The van der Waals surface area contributed by atoms with Crippen molar-refractivity contribution in [2.24, 2.45) is 17.1 Å². The molecule has 4 nitrogen and oxygen atoms in total. The lowest BCUT2D eigenvalue weighted by Gasteiger charge is -2.24. The van der Waals surface area contributed by atoms with E-state index in [1.165, 1.54) is 0 Å². The first-order chi connectivity index (χ1) is 8.28. The standard InChI is InChI=1S/C14H30N2O2/c1-11(9-14(2,3)4)8-13(17)16-12(10-15)6-7-18-5/h11-12H,6-10,15H2,1-5H3,(H,16,17). The lowest BCUT2D eigenvalue weighted by molar-refractivity contribution is -0.122. The number of hydrogen-bond acceptors (Lipinski definition) is 3. The van der Waals surface area contributed by atoms with Crippen LogP contribution in [0.5, 0.6) is 0 Å². The summed E-state index contributed by atoms with van der Waals surface area (Å²) in [5.41, 5.74) is 5.89. The Morgan fingerprint density at radius 2 is 2.00 bits per heavy atom. The number of nitrogens with one attached hydrogen (secondary N) is 1. The molecule has 0 bridgehead atoms. The Balaban J connectivity index is 4.00. The van der Waals surface area contributed by atoms with E-state index >= 15 is 0 Å². The molecule has 0 spiro atoms. The Hall–Kier alpha value is -0.610. The maximum atomic E-state index is 11.9. The molecule has 4 heteroatoms. The van der Waals surface area contributed by atoms with Crippen molar-refractivity contribution in [3.8, 4) is 0 Å². The predicted octanol–water partition coefficient (Wildman–Crippen LogP) is 1.93. The summed E-state index contributed by atoms with van der Waals surface area (Å²) in [6.45, 7) is 9.80. The highest BCUT2D eigenvalue weighted by molar-refractivity contribution is 5.76. The molecule has 0 aromatic rings. The Kier molecular flexibility index (Phi) is 8.20. The van der Waals surface area contributed by atoms with Crippen LogP contribution in [-0.4, -0.2) is 32.2 Å². The molecule has 0 fully saturated rings. The molecule has 0 aliphatic heterocycles. The van der Waals surface area contributed by atoms with Crippen molar-refractivity contribution in [1.82, 2.24) is 5.32 Å². The Morgan fingerprint density at radius 1 is 1.39 bits per heavy atom. The van der Waals surface area contributed by atoms with Gasteiger partial charge in [-0.2, -0.15) is 0 Å². The van der Waals surface area contributed by atoms with Gasteiger partial charge in [0.25, 0.3) is 0 Å². The van der Waals surface area contributed by atoms with E-state index in [9.17, 15) is 4.79 Å². The summed E-state index contributed by atoms with van der Waals surface area (Å²) in [4.78, 5) is 11.9. The van der Waals surface area contributed by atoms with Gasteiger partial charge < -0.3 is 15.8 Å². The highest BCUT2D eigenvalue weighted by Crippen LogP contribution is 2.25. The molecular formula is C14H30N2O2. The summed E-state index contributed by atoms with van der Waals surface area (Å²) in [5.74, 6) is 0.490. The second kappa shape index (κ2) is 8.48. The Morgan fingerprint density at radius 3 is 2.44 bits per heavy atom. The molecule has 3 N–H and O–H groups in total. The average molecular weight is 258 g/mol. The molecule has 0 saturated carbocycles. The van der Waals surface area contributed by atoms with Gasteiger partial charge in [-0.05, 0) is 24.2 Å². The SMILES string of the molecule is COCCC(CN)NC(=O)CC(C)CC(C)(C)C. The topological polar surface area (TPSA) is 64.3 Å². The third-order valence-corrected chi connectivity index (χ3v) is 2.81. The normalized spacial score (nSPS) is 15.2. The van der Waals surface area contributed by atoms with Gasteiger partial charge >= 0.3 is 0 Å². The third-order valence-electron chi connectivity index (χ3n) is 2.81. The molecule has 108 valence electrons. The van der Waals surface area contributed by atoms with Crippen molar-refractivity contribution in [2.75, 3.05) is 20.3 Å². The van der Waals surface area contributed by atoms with Crippen molar-refractivity contribution in [1.29, 1.82) is 0 Å². The van der Waals surface area contributed by atoms with E-state index in [0.717, 1.165) is 12.8 Å². The summed E-state index contributed by atoms with van der Waals surface area (Å²) in [7, 11) is 1.65. The van der Waals surface area contributed by atoms with Crippen LogP contribution in [0.3, 0.4) is 0 Å². The quantitative estimate of drug-likeness (QED) is 0.699. The van der Waals surface area contributed by atoms with E-state index in [1.54, 1.807) is 7.11 Å². The fourth-order valence-corrected chi connectivity index (χ4v) is 2.23. The van der Waals surface area contributed by atoms with Crippen LogP contribution in [0.2, 0.25) is 0 Å². The van der Waals surface area contributed by atoms with Crippen LogP contribution in [0, 0.1) is 11.3 Å². The van der Waals surface area contributed by atoms with Crippen LogP contribution in [0.15, 0.2) is 0 Å². The molecule has 2 atom stereocenters. The zero-order valence-corrected chi connectivity index (χ0v) is 12.6. The monoisotopic (exact) mass is 258 g/mol. The fraction of sp³-hybridized carbons (Fsp3) is 0.929. The largest absolute Gasteiger partial charge is 0.385 e. The summed E-state index contributed by atoms with van der Waals surface area (Å²) < 4.78 is 5.00. The minimum Gasteiger partial charge on any atom is -0.385 e. The molecule has 0 heterocycles. The first-order valence-electron chi connectivity index (χ1n) is 6.77. The van der Waals surface area contributed by atoms with Crippen LogP contribution in [0.25, 0.3) is 0 Å². The molecule has 0 saturated heterocycles. The van der Waals surface area contributed by atoms with E-state index in [1.807, 2.05) is 0 Å². The number of amides is 1. The van der Waals surface area contributed by atoms with Gasteiger partial charge in [-0.25, -0.2) is 0 Å². The van der Waals surface area contributed by atoms with Gasteiger partial charge in [-0.3, -0.25) is 4.79 Å². The van der Waals surface area contributed by atoms with Crippen LogP contribution in [-0.2, 0) is 9.53 Å². The van der Waals surface area contributed by atoms with Crippen molar-refractivity contribution in [2.45, 2.75) is 53.0 Å². The molecule has 0 rings (SSSR count). The number of hydrogen-bond donors (Lipinski definition) is 2. The molecule has 2 unspecified atom stereocenters. The van der Waals surface area contributed by atoms with Gasteiger partial charge in [0.15, 0.2) is 0 Å². The van der Waals surface area contributed by atoms with Gasteiger partial charge in [0.1, 0.15) is 0 Å². The van der Waals surface area contributed by atoms with Crippen LogP contribution in [0.1, 0.15) is 47.0 Å². The number of methoxy groups -OCH3 is 1. The lowest BCUT2D eigenvalue weighted by atomic mass is 9.84. The summed E-state index contributed by atoms with van der Waals surface area (Å²) in [5, 5.41) is 2.97. The van der Waals surface area contributed by atoms with Gasteiger partial charge in [-0.15, -0.1) is 0 Å². The molecule has 0 radical (unpaired) electrons. The molecule has 1 amide bonds. The highest BCUT2D eigenvalue weighted by atomic mass is 16.5. The second-order valence-electron chi connectivity index (χ2n) is 6.36. The van der Waals surface area contributed by atoms with Crippen LogP contribution in [0.4, 0.5) is 0 Å². The molecule has 0 aliphatic rings. The maximum Gasteiger partial charge on any atom is 0.220 e. The predicted molar refractivity (Wildman–Crippen MR) is 75.3 cm³/mol. The van der Waals surface area contributed by atoms with E-state index in [0.29, 0.717) is 25.5 Å². The van der Waals surface area contributed by atoms with E-state index in [4.69, 9.17) is 10.5 Å². The van der Waals surface area contributed by atoms with E-state index in [-0.39, 0.29) is 17.4 Å². The number of carbonyl (C=O) groups excluding carboxylic acids is 1. The number of nitrogens with two attached hydrogens (primary N) is 1. The number of ether oxygens (including phenoxy) is 1. The molecule has 0 aromatic carbocycles. The number of carbonyl (C=O) groups is 1. The van der Waals surface area contributed by atoms with E-state index < -0.39 is 0 Å². The maximum absolute atomic E-state index is 11.9. The van der Waals surface area contributed by atoms with Gasteiger partial charge in [-0.1, -0.05) is 27.7 Å². The lowest BCUT2D eigenvalue weighted by Crippen LogP contribution is -2.41. The van der Waals surface area contributed by atoms with Crippen molar-refractivity contribution in [3.05, 3.63) is 0 Å². The van der Waals surface area contributed by atoms with Crippen LogP contribution >= 0.6 is 0 Å². The van der Waals surface area contributed by atoms with Crippen molar-refractivity contribution >= 4 is 5.91 Å². The third kappa shape index (κ3) is 9.42. The van der Waals surface area contributed by atoms with Crippen LogP contribution < -0.4 is 11.1 Å². The molecule has 0 aliphatic carbocycles. The minimum atomic E-state index is 0.0271. The molecular weight excluding hydrogens is 228 g/mol. The average Bonchev–Trinajstić information content (AvgIpc) is 2.20. The summed E-state index contributed by atoms with van der Waals surface area (Å²) >= 11 is 0. The Labute approximate surface area is 112 Å². The fourth-order valence-electron chi connectivity index (χ4n) is 2.23. The first kappa shape index (κ1) is 17.4. The molecule has 0 aromatic heterocycles. The van der Waals surface area contributed by atoms with Gasteiger partial charge in [0.2, 0.25) is 5.91 Å². The zero-order chi connectivity index (χ0) is 14.2. The van der Waals surface area contributed by atoms with Gasteiger partial charge in [0.05, 0.1) is 0 Å². The van der Waals surface area contributed by atoms with Crippen molar-refractivity contribution < 1.29 is 9.53 Å². The minimum absolute atomic E-state index is 0.0271. The molecule has 18 heavy (non-hydrogen) atoms. The van der Waals surface area contributed by atoms with Crippen molar-refractivity contribution in [3.63, 3.8) is 0 Å². The summed E-state index contributed by atoms with van der Waals surface area (Å²) in [6.07, 6.45) is 2.39. The van der Waals surface area contributed by atoms with E-state index in [2.05, 4.69) is 33.0 Å². The second-order valence-corrected chi connectivity index (χ2v) is 6.36. The highest BCUT2D eigenvalue weighted by Gasteiger charge is 2.19. The Bertz CT molecular complexity index is 236. The number of rotatable bonds is 8.